The second kappa shape index (κ2) is 5.53. The Morgan fingerprint density at radius 1 is 1.00 bits per heavy atom. The van der Waals surface area contributed by atoms with Crippen LogP contribution < -0.4 is 9.47 Å². The fourth-order valence-corrected chi connectivity index (χ4v) is 3.57. The van der Waals surface area contributed by atoms with Gasteiger partial charge in [-0.25, -0.2) is 9.97 Å². The molecule has 0 saturated heterocycles. The van der Waals surface area contributed by atoms with Crippen LogP contribution in [0.4, 0.5) is 0 Å². The molecular weight excluding hydrogens is 356 g/mol. The zero-order valence-corrected chi connectivity index (χ0v) is 14.9. The molecule has 0 fully saturated rings. The molecule has 8 nitrogen and oxygen atoms in total. The maximum atomic E-state index is 5.54. The molecule has 2 aromatic carbocycles. The molecule has 0 radical (unpaired) electrons. The molecule has 0 bridgehead atoms. The highest BCUT2D eigenvalue weighted by molar-refractivity contribution is 5.96. The van der Waals surface area contributed by atoms with Crippen LogP contribution in [0.3, 0.4) is 0 Å². The zero-order chi connectivity index (χ0) is 18.7. The summed E-state index contributed by atoms with van der Waals surface area (Å²) in [6.07, 6.45) is 3.58. The van der Waals surface area contributed by atoms with E-state index in [1.165, 1.54) is 0 Å². The third-order valence-corrected chi connectivity index (χ3v) is 4.96. The molecule has 5 aromatic rings. The highest BCUT2D eigenvalue weighted by atomic mass is 16.7. The molecule has 0 amide bonds. The van der Waals surface area contributed by atoms with Crippen molar-refractivity contribution in [3.63, 3.8) is 0 Å². The Labute approximate surface area is 158 Å². The van der Waals surface area contributed by atoms with Gasteiger partial charge in [-0.1, -0.05) is 12.1 Å². The largest absolute Gasteiger partial charge is 0.454 e. The lowest BCUT2D eigenvalue weighted by Crippen LogP contribution is -1.98. The van der Waals surface area contributed by atoms with Crippen molar-refractivity contribution >= 4 is 21.9 Å². The van der Waals surface area contributed by atoms with E-state index in [2.05, 4.69) is 15.3 Å². The number of aromatic amines is 1. The first-order valence-electron chi connectivity index (χ1n) is 8.80. The fourth-order valence-electron chi connectivity index (χ4n) is 3.57. The molecule has 3 aromatic heterocycles. The standard InChI is InChI=1S/C20H14N6O2/c1-26-20-14(9-22-26)18(11-5-6-16-17(7-11)28-10-27-16)23-19(24-20)12-3-2-4-15-13(12)8-21-25-15/h2-9H,10H2,1H3,(H,21,25). The minimum absolute atomic E-state index is 0.235. The molecule has 1 aliphatic heterocycles. The molecule has 28 heavy (non-hydrogen) atoms. The van der Waals surface area contributed by atoms with Gasteiger partial charge < -0.3 is 9.47 Å². The maximum absolute atomic E-state index is 5.54. The predicted octanol–water partition coefficient (Wildman–Crippen LogP) is 3.30. The van der Waals surface area contributed by atoms with Crippen molar-refractivity contribution in [1.29, 1.82) is 0 Å². The number of aryl methyl sites for hydroxylation is 1. The lowest BCUT2D eigenvalue weighted by atomic mass is 10.1. The first-order valence-corrected chi connectivity index (χ1v) is 8.80. The molecule has 6 rings (SSSR count). The molecule has 0 spiro atoms. The van der Waals surface area contributed by atoms with E-state index in [4.69, 9.17) is 19.4 Å². The average Bonchev–Trinajstić information content (AvgIpc) is 3.46. The lowest BCUT2D eigenvalue weighted by Gasteiger charge is -2.08. The van der Waals surface area contributed by atoms with Crippen LogP contribution in [0.5, 0.6) is 11.5 Å². The van der Waals surface area contributed by atoms with Gasteiger partial charge in [-0.05, 0) is 24.3 Å². The second-order valence-electron chi connectivity index (χ2n) is 6.61. The number of ether oxygens (including phenoxy) is 2. The number of nitrogens with zero attached hydrogens (tertiary/aromatic N) is 5. The monoisotopic (exact) mass is 370 g/mol. The summed E-state index contributed by atoms with van der Waals surface area (Å²) < 4.78 is 12.7. The molecule has 4 heterocycles. The minimum Gasteiger partial charge on any atom is -0.454 e. The van der Waals surface area contributed by atoms with Gasteiger partial charge in [0, 0.05) is 23.6 Å². The van der Waals surface area contributed by atoms with Gasteiger partial charge in [-0.2, -0.15) is 10.2 Å². The molecule has 1 N–H and O–H groups in total. The Kier molecular flexibility index (Phi) is 2.99. The van der Waals surface area contributed by atoms with Crippen molar-refractivity contribution < 1.29 is 9.47 Å². The molecular formula is C20H14N6O2. The van der Waals surface area contributed by atoms with Gasteiger partial charge in [-0.3, -0.25) is 9.78 Å². The van der Waals surface area contributed by atoms with Gasteiger partial charge in [0.05, 0.1) is 29.0 Å². The summed E-state index contributed by atoms with van der Waals surface area (Å²) in [5, 5.41) is 13.4. The van der Waals surface area contributed by atoms with Crippen LogP contribution in [-0.4, -0.2) is 36.7 Å². The molecule has 0 aliphatic carbocycles. The quantitative estimate of drug-likeness (QED) is 0.513. The number of benzene rings is 2. The molecule has 0 atom stereocenters. The van der Waals surface area contributed by atoms with E-state index in [9.17, 15) is 0 Å². The van der Waals surface area contributed by atoms with Crippen LogP contribution >= 0.6 is 0 Å². The Morgan fingerprint density at radius 2 is 1.93 bits per heavy atom. The minimum atomic E-state index is 0.235. The SMILES string of the molecule is Cn1ncc2c(-c3ccc4c(c3)OCO4)nc(-c3cccc4[nH]ncc34)nc21. The highest BCUT2D eigenvalue weighted by Crippen LogP contribution is 2.38. The van der Waals surface area contributed by atoms with E-state index in [0.29, 0.717) is 11.6 Å². The van der Waals surface area contributed by atoms with Gasteiger partial charge in [0.1, 0.15) is 0 Å². The number of hydrogen-bond donors (Lipinski definition) is 1. The third-order valence-electron chi connectivity index (χ3n) is 4.96. The van der Waals surface area contributed by atoms with Crippen molar-refractivity contribution in [2.45, 2.75) is 0 Å². The first-order chi connectivity index (χ1) is 13.8. The predicted molar refractivity (Wildman–Crippen MR) is 103 cm³/mol. The maximum Gasteiger partial charge on any atom is 0.231 e. The highest BCUT2D eigenvalue weighted by Gasteiger charge is 2.19. The van der Waals surface area contributed by atoms with Crippen LogP contribution in [0, 0.1) is 0 Å². The zero-order valence-electron chi connectivity index (χ0n) is 14.9. The summed E-state index contributed by atoms with van der Waals surface area (Å²) in [4.78, 5) is 9.69. The van der Waals surface area contributed by atoms with E-state index in [0.717, 1.165) is 44.5 Å². The smallest absolute Gasteiger partial charge is 0.231 e. The van der Waals surface area contributed by atoms with Crippen LogP contribution in [-0.2, 0) is 7.05 Å². The van der Waals surface area contributed by atoms with Crippen molar-refractivity contribution in [2.75, 3.05) is 6.79 Å². The first kappa shape index (κ1) is 15.2. The van der Waals surface area contributed by atoms with Crippen LogP contribution in [0.25, 0.3) is 44.6 Å². The van der Waals surface area contributed by atoms with Crippen molar-refractivity contribution in [3.8, 4) is 34.1 Å². The van der Waals surface area contributed by atoms with Crippen LogP contribution in [0.2, 0.25) is 0 Å². The molecule has 136 valence electrons. The molecule has 1 aliphatic rings. The van der Waals surface area contributed by atoms with Crippen LogP contribution in [0.15, 0.2) is 48.8 Å². The lowest BCUT2D eigenvalue weighted by molar-refractivity contribution is 0.174. The second-order valence-corrected chi connectivity index (χ2v) is 6.61. The van der Waals surface area contributed by atoms with Crippen molar-refractivity contribution in [2.24, 2.45) is 7.05 Å². The molecule has 0 unspecified atom stereocenters. The molecule has 8 heteroatoms. The van der Waals surface area contributed by atoms with E-state index in [-0.39, 0.29) is 6.79 Å². The summed E-state index contributed by atoms with van der Waals surface area (Å²) in [5.74, 6) is 2.08. The normalized spacial score (nSPS) is 12.9. The third kappa shape index (κ3) is 2.11. The van der Waals surface area contributed by atoms with Crippen LogP contribution in [0.1, 0.15) is 0 Å². The van der Waals surface area contributed by atoms with E-state index in [1.54, 1.807) is 17.1 Å². The number of H-pyrrole nitrogens is 1. The number of nitrogens with one attached hydrogen (secondary N) is 1. The van der Waals surface area contributed by atoms with Gasteiger partial charge in [0.25, 0.3) is 0 Å². The average molecular weight is 370 g/mol. The summed E-state index contributed by atoms with van der Waals surface area (Å²) in [5.41, 5.74) is 4.34. The Bertz CT molecular complexity index is 1370. The Balaban J connectivity index is 1.64. The van der Waals surface area contributed by atoms with Gasteiger partial charge in [0.2, 0.25) is 6.79 Å². The summed E-state index contributed by atoms with van der Waals surface area (Å²) in [7, 11) is 1.88. The molecule has 0 saturated carbocycles. The number of aromatic nitrogens is 6. The van der Waals surface area contributed by atoms with E-state index in [1.807, 2.05) is 43.4 Å². The van der Waals surface area contributed by atoms with E-state index >= 15 is 0 Å². The number of fused-ring (bicyclic) bond motifs is 3. The number of rotatable bonds is 2. The topological polar surface area (TPSA) is 90.7 Å². The Hall–Kier alpha value is -3.94. The Morgan fingerprint density at radius 3 is 2.89 bits per heavy atom. The fraction of sp³-hybridized carbons (Fsp3) is 0.100. The van der Waals surface area contributed by atoms with Gasteiger partial charge in [0.15, 0.2) is 23.0 Å². The van der Waals surface area contributed by atoms with E-state index < -0.39 is 0 Å². The van der Waals surface area contributed by atoms with Crippen molar-refractivity contribution in [3.05, 3.63) is 48.8 Å². The number of hydrogen-bond acceptors (Lipinski definition) is 6. The summed E-state index contributed by atoms with van der Waals surface area (Å²) >= 11 is 0. The van der Waals surface area contributed by atoms with Gasteiger partial charge >= 0.3 is 0 Å². The van der Waals surface area contributed by atoms with Gasteiger partial charge in [-0.15, -0.1) is 0 Å². The summed E-state index contributed by atoms with van der Waals surface area (Å²) in [6.45, 7) is 0.235. The summed E-state index contributed by atoms with van der Waals surface area (Å²) in [6, 6.07) is 11.8. The van der Waals surface area contributed by atoms with Crippen molar-refractivity contribution in [1.82, 2.24) is 29.9 Å².